The summed E-state index contributed by atoms with van der Waals surface area (Å²) in [5.41, 5.74) is 7.49. The standard InChI is InChI=1S/C13H19N3OS/c1-9-12(6-11(14)8-15-9)13(17)16-7-10-2-4-18-5-3-10/h6,8,10H,2-5,7,14H2,1H3,(H,16,17). The normalized spacial score (nSPS) is 16.5. The van der Waals surface area contributed by atoms with Crippen LogP contribution in [0.1, 0.15) is 28.9 Å². The van der Waals surface area contributed by atoms with E-state index in [9.17, 15) is 4.79 Å². The molecular formula is C13H19N3OS. The molecule has 2 heterocycles. The molecule has 1 aliphatic rings. The Morgan fingerprint density at radius 3 is 3.00 bits per heavy atom. The number of carbonyl (C=O) groups is 1. The Labute approximate surface area is 112 Å². The van der Waals surface area contributed by atoms with Crippen LogP contribution in [0.2, 0.25) is 0 Å². The minimum Gasteiger partial charge on any atom is -0.397 e. The summed E-state index contributed by atoms with van der Waals surface area (Å²) in [6.07, 6.45) is 3.96. The molecule has 1 amide bonds. The third kappa shape index (κ3) is 3.38. The van der Waals surface area contributed by atoms with Crippen LogP contribution in [-0.4, -0.2) is 28.9 Å². The van der Waals surface area contributed by atoms with Gasteiger partial charge in [-0.05, 0) is 43.3 Å². The number of hydrogen-bond acceptors (Lipinski definition) is 4. The van der Waals surface area contributed by atoms with Crippen molar-refractivity contribution in [2.24, 2.45) is 5.92 Å². The van der Waals surface area contributed by atoms with Gasteiger partial charge < -0.3 is 11.1 Å². The highest BCUT2D eigenvalue weighted by molar-refractivity contribution is 7.99. The van der Waals surface area contributed by atoms with E-state index in [0.717, 1.165) is 12.2 Å². The lowest BCUT2D eigenvalue weighted by Crippen LogP contribution is -2.31. The molecule has 2 rings (SSSR count). The van der Waals surface area contributed by atoms with Crippen molar-refractivity contribution in [1.29, 1.82) is 0 Å². The number of nitrogens with zero attached hydrogens (tertiary/aromatic N) is 1. The lowest BCUT2D eigenvalue weighted by atomic mass is 10.0. The molecule has 3 N–H and O–H groups in total. The van der Waals surface area contributed by atoms with Gasteiger partial charge in [0.15, 0.2) is 0 Å². The molecule has 0 aliphatic carbocycles. The number of nitrogens with one attached hydrogen (secondary N) is 1. The van der Waals surface area contributed by atoms with Crippen LogP contribution in [-0.2, 0) is 0 Å². The molecule has 4 nitrogen and oxygen atoms in total. The Morgan fingerprint density at radius 2 is 2.28 bits per heavy atom. The zero-order chi connectivity index (χ0) is 13.0. The van der Waals surface area contributed by atoms with Gasteiger partial charge in [0.25, 0.3) is 5.91 Å². The predicted molar refractivity (Wildman–Crippen MR) is 75.8 cm³/mol. The highest BCUT2D eigenvalue weighted by Gasteiger charge is 2.16. The van der Waals surface area contributed by atoms with Crippen LogP contribution in [0, 0.1) is 12.8 Å². The molecule has 0 spiro atoms. The molecule has 0 saturated carbocycles. The summed E-state index contributed by atoms with van der Waals surface area (Å²) in [5.74, 6) is 2.97. The van der Waals surface area contributed by atoms with Gasteiger partial charge >= 0.3 is 0 Å². The number of pyridine rings is 1. The molecule has 5 heteroatoms. The van der Waals surface area contributed by atoms with Crippen molar-refractivity contribution in [2.75, 3.05) is 23.8 Å². The molecule has 1 fully saturated rings. The van der Waals surface area contributed by atoms with Gasteiger partial charge in [0, 0.05) is 6.54 Å². The minimum atomic E-state index is -0.0643. The number of anilines is 1. The summed E-state index contributed by atoms with van der Waals surface area (Å²) in [6, 6.07) is 1.69. The summed E-state index contributed by atoms with van der Waals surface area (Å²) in [5, 5.41) is 2.99. The number of nitrogen functional groups attached to an aromatic ring is 1. The van der Waals surface area contributed by atoms with Crippen LogP contribution in [0.4, 0.5) is 5.69 Å². The van der Waals surface area contributed by atoms with Gasteiger partial charge in [0.2, 0.25) is 0 Å². The molecule has 1 aliphatic heterocycles. The minimum absolute atomic E-state index is 0.0643. The van der Waals surface area contributed by atoms with Crippen LogP contribution in [0.25, 0.3) is 0 Å². The van der Waals surface area contributed by atoms with Crippen molar-refractivity contribution in [3.8, 4) is 0 Å². The molecule has 1 aromatic rings. The van der Waals surface area contributed by atoms with E-state index in [-0.39, 0.29) is 5.91 Å². The fraction of sp³-hybridized carbons (Fsp3) is 0.538. The summed E-state index contributed by atoms with van der Waals surface area (Å²) < 4.78 is 0. The first kappa shape index (κ1) is 13.2. The van der Waals surface area contributed by atoms with Crippen LogP contribution in [0.5, 0.6) is 0 Å². The van der Waals surface area contributed by atoms with Crippen molar-refractivity contribution in [2.45, 2.75) is 19.8 Å². The number of thioether (sulfide) groups is 1. The molecule has 0 atom stereocenters. The molecule has 0 aromatic carbocycles. The van der Waals surface area contributed by atoms with Crippen LogP contribution in [0.15, 0.2) is 12.3 Å². The molecule has 98 valence electrons. The average molecular weight is 265 g/mol. The van der Waals surface area contributed by atoms with Gasteiger partial charge in [-0.2, -0.15) is 11.8 Å². The first-order valence-electron chi connectivity index (χ1n) is 6.25. The number of hydrogen-bond donors (Lipinski definition) is 2. The van der Waals surface area contributed by atoms with Gasteiger partial charge in [0.05, 0.1) is 23.1 Å². The largest absolute Gasteiger partial charge is 0.397 e. The van der Waals surface area contributed by atoms with Crippen LogP contribution in [0.3, 0.4) is 0 Å². The smallest absolute Gasteiger partial charge is 0.253 e. The van der Waals surface area contributed by atoms with Crippen molar-refractivity contribution in [1.82, 2.24) is 10.3 Å². The average Bonchev–Trinajstić information content (AvgIpc) is 2.40. The predicted octanol–water partition coefficient (Wildman–Crippen LogP) is 1.85. The maximum atomic E-state index is 12.0. The van der Waals surface area contributed by atoms with E-state index in [2.05, 4.69) is 10.3 Å². The van der Waals surface area contributed by atoms with Crippen molar-refractivity contribution >= 4 is 23.4 Å². The van der Waals surface area contributed by atoms with E-state index in [1.54, 1.807) is 12.3 Å². The molecule has 0 unspecified atom stereocenters. The number of aromatic nitrogens is 1. The van der Waals surface area contributed by atoms with Crippen molar-refractivity contribution in [3.05, 3.63) is 23.5 Å². The summed E-state index contributed by atoms with van der Waals surface area (Å²) in [4.78, 5) is 16.2. The highest BCUT2D eigenvalue weighted by atomic mass is 32.2. The molecule has 0 radical (unpaired) electrons. The first-order chi connectivity index (χ1) is 8.66. The second-order valence-corrected chi connectivity index (χ2v) is 5.89. The van der Waals surface area contributed by atoms with Gasteiger partial charge in [-0.3, -0.25) is 9.78 Å². The number of amides is 1. The Morgan fingerprint density at radius 1 is 1.56 bits per heavy atom. The van der Waals surface area contributed by atoms with Crippen molar-refractivity contribution < 1.29 is 4.79 Å². The monoisotopic (exact) mass is 265 g/mol. The van der Waals surface area contributed by atoms with Crippen LogP contribution >= 0.6 is 11.8 Å². The molecular weight excluding hydrogens is 246 g/mol. The third-order valence-corrected chi connectivity index (χ3v) is 4.29. The van der Waals surface area contributed by atoms with E-state index in [1.807, 2.05) is 18.7 Å². The van der Waals surface area contributed by atoms with E-state index in [1.165, 1.54) is 24.3 Å². The molecule has 18 heavy (non-hydrogen) atoms. The fourth-order valence-electron chi connectivity index (χ4n) is 2.06. The number of rotatable bonds is 3. The number of nitrogens with two attached hydrogens (primary N) is 1. The number of aryl methyl sites for hydroxylation is 1. The molecule has 1 aromatic heterocycles. The van der Waals surface area contributed by atoms with Gasteiger partial charge in [0.1, 0.15) is 0 Å². The lowest BCUT2D eigenvalue weighted by Gasteiger charge is -2.21. The van der Waals surface area contributed by atoms with E-state index in [4.69, 9.17) is 5.73 Å². The maximum absolute atomic E-state index is 12.0. The summed E-state index contributed by atoms with van der Waals surface area (Å²) in [7, 11) is 0. The fourth-order valence-corrected chi connectivity index (χ4v) is 3.27. The highest BCUT2D eigenvalue weighted by Crippen LogP contribution is 2.22. The van der Waals surface area contributed by atoms with Gasteiger partial charge in [-0.25, -0.2) is 0 Å². The quantitative estimate of drug-likeness (QED) is 0.875. The Hall–Kier alpha value is -1.23. The van der Waals surface area contributed by atoms with E-state index < -0.39 is 0 Å². The molecule has 0 bridgehead atoms. The second-order valence-electron chi connectivity index (χ2n) is 4.67. The lowest BCUT2D eigenvalue weighted by molar-refractivity contribution is 0.0945. The van der Waals surface area contributed by atoms with Crippen molar-refractivity contribution in [3.63, 3.8) is 0 Å². The Bertz CT molecular complexity index is 430. The zero-order valence-electron chi connectivity index (χ0n) is 10.6. The van der Waals surface area contributed by atoms with E-state index >= 15 is 0 Å². The Balaban J connectivity index is 1.92. The van der Waals surface area contributed by atoms with Gasteiger partial charge in [-0.1, -0.05) is 0 Å². The number of carbonyl (C=O) groups excluding carboxylic acids is 1. The maximum Gasteiger partial charge on any atom is 0.253 e. The van der Waals surface area contributed by atoms with E-state index in [0.29, 0.717) is 17.2 Å². The Kier molecular flexibility index (Phi) is 4.47. The SMILES string of the molecule is Cc1ncc(N)cc1C(=O)NCC1CCSCC1. The first-order valence-corrected chi connectivity index (χ1v) is 7.40. The van der Waals surface area contributed by atoms with Crippen LogP contribution < -0.4 is 11.1 Å². The van der Waals surface area contributed by atoms with Gasteiger partial charge in [-0.15, -0.1) is 0 Å². The summed E-state index contributed by atoms with van der Waals surface area (Å²) in [6.45, 7) is 2.58. The second kappa shape index (κ2) is 6.09. The topological polar surface area (TPSA) is 68.0 Å². The summed E-state index contributed by atoms with van der Waals surface area (Å²) >= 11 is 1.99. The zero-order valence-corrected chi connectivity index (χ0v) is 11.4. The third-order valence-electron chi connectivity index (χ3n) is 3.24. The molecule has 1 saturated heterocycles.